The van der Waals surface area contributed by atoms with Gasteiger partial charge in [0.2, 0.25) is 23.0 Å². The Morgan fingerprint density at radius 2 is 1.78 bits per heavy atom. The molecule has 11 heteroatoms. The maximum absolute atomic E-state index is 13.8. The van der Waals surface area contributed by atoms with Gasteiger partial charge in [0.15, 0.2) is 11.5 Å². The molecule has 1 heterocycles. The van der Waals surface area contributed by atoms with E-state index in [0.717, 1.165) is 22.2 Å². The number of aryl methyl sites for hydroxylation is 1. The van der Waals surface area contributed by atoms with Gasteiger partial charge in [-0.15, -0.1) is 0 Å². The number of nitrogens with one attached hydrogen (secondary N) is 4. The molecule has 4 aromatic rings. The van der Waals surface area contributed by atoms with Gasteiger partial charge in [-0.1, -0.05) is 32.0 Å². The number of ether oxygens (including phenoxy) is 3. The van der Waals surface area contributed by atoms with Gasteiger partial charge in [-0.05, 0) is 65.8 Å². The molecule has 0 spiro atoms. The zero-order valence-corrected chi connectivity index (χ0v) is 26.4. The summed E-state index contributed by atoms with van der Waals surface area (Å²) in [5, 5.41) is 9.16. The molecular formula is C34H39N5O6. The number of imidazole rings is 1. The molecule has 4 N–H and O–H groups in total. The number of methoxy groups -OCH3 is 3. The second-order valence-corrected chi connectivity index (χ2v) is 11.4. The number of para-hydroxylation sites is 2. The van der Waals surface area contributed by atoms with Crippen LogP contribution in [0.1, 0.15) is 50.2 Å². The number of carbonyl (C=O) groups excluding carboxylic acids is 2. The van der Waals surface area contributed by atoms with Crippen LogP contribution in [0, 0.1) is 5.92 Å². The van der Waals surface area contributed by atoms with E-state index in [1.54, 1.807) is 27.4 Å². The fraction of sp³-hybridized carbons (Fsp3) is 0.353. The molecular weight excluding hydrogens is 574 g/mol. The van der Waals surface area contributed by atoms with Crippen LogP contribution in [-0.4, -0.2) is 49.2 Å². The first-order valence-corrected chi connectivity index (χ1v) is 14.9. The average Bonchev–Trinajstić information content (AvgIpc) is 3.30. The number of rotatable bonds is 10. The van der Waals surface area contributed by atoms with E-state index in [4.69, 9.17) is 14.2 Å². The standard InChI is InChI=1S/C34H39N5O6/c1-18(2)31(34(42)35-17-29-37-24-9-7-8-10-25(24)38-29)39-26-14-12-21-22(16-27(26)41)23(36-19(3)40)13-11-20-15-28(43-4)32(44-5)33(45-6)30(20)21/h7-10,12,14-16,18,23,31H,11,13,17H2,1-6H3,(H,35,42)(H,36,40)(H,37,38)(H,39,41)/t23-,31-/m0/s1. The molecule has 5 rings (SSSR count). The number of carbonyl (C=O) groups is 2. The Bertz CT molecular complexity index is 1770. The van der Waals surface area contributed by atoms with Gasteiger partial charge in [-0.2, -0.15) is 0 Å². The lowest BCUT2D eigenvalue weighted by Crippen LogP contribution is -2.43. The van der Waals surface area contributed by atoms with Crippen LogP contribution < -0.4 is 35.6 Å². The summed E-state index contributed by atoms with van der Waals surface area (Å²) >= 11 is 0. The number of H-pyrrole nitrogens is 1. The molecule has 0 radical (unpaired) electrons. The van der Waals surface area contributed by atoms with Crippen molar-refractivity contribution in [1.29, 1.82) is 0 Å². The van der Waals surface area contributed by atoms with E-state index in [0.29, 0.717) is 47.0 Å². The van der Waals surface area contributed by atoms with Gasteiger partial charge in [0.1, 0.15) is 11.9 Å². The van der Waals surface area contributed by atoms with Crippen molar-refractivity contribution in [3.8, 4) is 28.4 Å². The molecule has 1 aliphatic carbocycles. The van der Waals surface area contributed by atoms with Crippen LogP contribution >= 0.6 is 0 Å². The zero-order chi connectivity index (χ0) is 32.2. The van der Waals surface area contributed by atoms with E-state index in [1.807, 2.05) is 50.2 Å². The predicted molar refractivity (Wildman–Crippen MR) is 173 cm³/mol. The van der Waals surface area contributed by atoms with Gasteiger partial charge >= 0.3 is 0 Å². The Morgan fingerprint density at radius 3 is 2.44 bits per heavy atom. The lowest BCUT2D eigenvalue weighted by atomic mass is 9.95. The highest BCUT2D eigenvalue weighted by Gasteiger charge is 2.30. The molecule has 11 nitrogen and oxygen atoms in total. The SMILES string of the molecule is COc1cc2c(c(OC)c1OC)-c1ccc(N[C@H](C(=O)NCc3nc4ccccc4[nH]3)C(C)C)c(=O)cc1[C@@H](NC(C)=O)CC2. The lowest BCUT2D eigenvalue weighted by molar-refractivity contribution is -0.123. The minimum Gasteiger partial charge on any atom is -0.493 e. The van der Waals surface area contributed by atoms with Crippen molar-refractivity contribution < 1.29 is 23.8 Å². The molecule has 0 aliphatic heterocycles. The zero-order valence-electron chi connectivity index (χ0n) is 26.4. The number of hydrogen-bond donors (Lipinski definition) is 4. The summed E-state index contributed by atoms with van der Waals surface area (Å²) in [7, 11) is 4.66. The fourth-order valence-electron chi connectivity index (χ4n) is 5.90. The normalized spacial score (nSPS) is 14.5. The number of nitrogens with zero attached hydrogens (tertiary/aromatic N) is 1. The van der Waals surface area contributed by atoms with E-state index in [-0.39, 0.29) is 35.4 Å². The molecule has 0 unspecified atom stereocenters. The highest BCUT2D eigenvalue weighted by atomic mass is 16.5. The minimum absolute atomic E-state index is 0.145. The largest absolute Gasteiger partial charge is 0.493 e. The van der Waals surface area contributed by atoms with E-state index in [2.05, 4.69) is 25.9 Å². The quantitative estimate of drug-likeness (QED) is 0.205. The van der Waals surface area contributed by atoms with Crippen LogP contribution in [0.3, 0.4) is 0 Å². The maximum atomic E-state index is 13.8. The van der Waals surface area contributed by atoms with E-state index in [9.17, 15) is 14.4 Å². The van der Waals surface area contributed by atoms with Crippen LogP contribution in [0.15, 0.2) is 53.3 Å². The first-order valence-electron chi connectivity index (χ1n) is 14.9. The highest BCUT2D eigenvalue weighted by molar-refractivity contribution is 5.86. The number of anilines is 1. The van der Waals surface area contributed by atoms with Crippen molar-refractivity contribution >= 4 is 28.5 Å². The molecule has 2 atom stereocenters. The van der Waals surface area contributed by atoms with E-state index in [1.165, 1.54) is 13.0 Å². The Kier molecular flexibility index (Phi) is 9.26. The van der Waals surface area contributed by atoms with Crippen molar-refractivity contribution in [2.75, 3.05) is 26.6 Å². The van der Waals surface area contributed by atoms with Crippen LogP contribution in [0.2, 0.25) is 0 Å². The summed E-state index contributed by atoms with van der Waals surface area (Å²) in [6.45, 7) is 5.48. The van der Waals surface area contributed by atoms with Crippen LogP contribution in [-0.2, 0) is 22.6 Å². The first-order chi connectivity index (χ1) is 21.6. The summed E-state index contributed by atoms with van der Waals surface area (Å²) < 4.78 is 17.1. The van der Waals surface area contributed by atoms with E-state index < -0.39 is 12.1 Å². The fourth-order valence-corrected chi connectivity index (χ4v) is 5.90. The Balaban J connectivity index is 1.53. The van der Waals surface area contributed by atoms with Crippen molar-refractivity contribution in [2.24, 2.45) is 5.92 Å². The summed E-state index contributed by atoms with van der Waals surface area (Å²) in [4.78, 5) is 47.2. The van der Waals surface area contributed by atoms with Crippen LogP contribution in [0.25, 0.3) is 22.2 Å². The van der Waals surface area contributed by atoms with Crippen LogP contribution in [0.4, 0.5) is 5.69 Å². The van der Waals surface area contributed by atoms with Crippen LogP contribution in [0.5, 0.6) is 17.2 Å². The number of fused-ring (bicyclic) bond motifs is 4. The molecule has 1 aliphatic rings. The Labute approximate surface area is 261 Å². The van der Waals surface area contributed by atoms with Gasteiger partial charge < -0.3 is 35.1 Å². The number of benzene rings is 2. The molecule has 0 bridgehead atoms. The highest BCUT2D eigenvalue weighted by Crippen LogP contribution is 2.50. The van der Waals surface area contributed by atoms with Crippen molar-refractivity contribution in [2.45, 2.75) is 52.2 Å². The summed E-state index contributed by atoms with van der Waals surface area (Å²) in [5.41, 5.74) is 4.68. The summed E-state index contributed by atoms with van der Waals surface area (Å²) in [5.74, 6) is 1.43. The maximum Gasteiger partial charge on any atom is 0.243 e. The molecule has 2 amide bonds. The third-order valence-corrected chi connectivity index (χ3v) is 8.04. The van der Waals surface area contributed by atoms with Gasteiger partial charge in [-0.3, -0.25) is 14.4 Å². The summed E-state index contributed by atoms with van der Waals surface area (Å²) in [6.07, 6.45) is 1.14. The van der Waals surface area contributed by atoms with Gasteiger partial charge in [-0.25, -0.2) is 4.98 Å². The third kappa shape index (κ3) is 6.43. The smallest absolute Gasteiger partial charge is 0.243 e. The monoisotopic (exact) mass is 613 g/mol. The molecule has 0 saturated heterocycles. The second kappa shape index (κ2) is 13.3. The minimum atomic E-state index is -0.707. The average molecular weight is 614 g/mol. The molecule has 45 heavy (non-hydrogen) atoms. The van der Waals surface area contributed by atoms with Gasteiger partial charge in [0.25, 0.3) is 0 Å². The topological polar surface area (TPSA) is 144 Å². The Hall–Kier alpha value is -5.06. The van der Waals surface area contributed by atoms with Crippen molar-refractivity contribution in [1.82, 2.24) is 20.6 Å². The lowest BCUT2D eigenvalue weighted by Gasteiger charge is -2.22. The molecule has 236 valence electrons. The number of aromatic amines is 1. The predicted octanol–water partition coefficient (Wildman–Crippen LogP) is 4.49. The third-order valence-electron chi connectivity index (χ3n) is 8.04. The molecule has 3 aromatic carbocycles. The summed E-state index contributed by atoms with van der Waals surface area (Å²) in [6, 6.07) is 13.5. The van der Waals surface area contributed by atoms with E-state index >= 15 is 0 Å². The molecule has 1 aromatic heterocycles. The second-order valence-electron chi connectivity index (χ2n) is 11.4. The number of hydrogen-bond acceptors (Lipinski definition) is 8. The first kappa shape index (κ1) is 31.4. The van der Waals surface area contributed by atoms with Gasteiger partial charge in [0.05, 0.1) is 50.6 Å². The van der Waals surface area contributed by atoms with Crippen molar-refractivity contribution in [3.05, 3.63) is 75.7 Å². The van der Waals surface area contributed by atoms with Crippen molar-refractivity contribution in [3.63, 3.8) is 0 Å². The number of amides is 2. The number of aromatic nitrogens is 2. The molecule has 0 saturated carbocycles. The molecule has 0 fully saturated rings. The Morgan fingerprint density at radius 1 is 1.02 bits per heavy atom. The van der Waals surface area contributed by atoms with Gasteiger partial charge in [0, 0.05) is 12.5 Å².